The Labute approximate surface area is 168 Å². The van der Waals surface area contributed by atoms with E-state index in [1.807, 2.05) is 64.2 Å². The zero-order valence-corrected chi connectivity index (χ0v) is 17.5. The van der Waals surface area contributed by atoms with E-state index in [0.29, 0.717) is 11.8 Å². The smallest absolute Gasteiger partial charge is 0.342 e. The molecule has 0 aromatic carbocycles. The van der Waals surface area contributed by atoms with Crippen molar-refractivity contribution >= 4 is 0 Å². The summed E-state index contributed by atoms with van der Waals surface area (Å²) in [4.78, 5) is 0. The van der Waals surface area contributed by atoms with Gasteiger partial charge in [-0.1, -0.05) is 52.4 Å². The Morgan fingerprint density at radius 3 is 1.30 bits per heavy atom. The summed E-state index contributed by atoms with van der Waals surface area (Å²) in [5.74, 6) is 1.14. The molecule has 0 saturated heterocycles. The first-order valence-electron chi connectivity index (χ1n) is 8.71. The monoisotopic (exact) mass is 388 g/mol. The molecule has 10 radical (unpaired) electrons. The summed E-state index contributed by atoms with van der Waals surface area (Å²) in [6, 6.07) is 0. The van der Waals surface area contributed by atoms with Crippen LogP contribution in [0.25, 0.3) is 0 Å². The van der Waals surface area contributed by atoms with Crippen LogP contribution in [0.2, 0.25) is 0 Å². The fourth-order valence-corrected chi connectivity index (χ4v) is 2.04. The van der Waals surface area contributed by atoms with Crippen molar-refractivity contribution in [2.45, 2.75) is 52.4 Å². The van der Waals surface area contributed by atoms with E-state index in [1.165, 1.54) is 38.5 Å². The van der Waals surface area contributed by atoms with Gasteiger partial charge in [0.05, 0.1) is 0 Å². The summed E-state index contributed by atoms with van der Waals surface area (Å²) in [5.41, 5.74) is 0. The Bertz CT molecular complexity index is 169. The van der Waals surface area contributed by atoms with Gasteiger partial charge in [0.15, 0.2) is 0 Å². The van der Waals surface area contributed by atoms with Crippen molar-refractivity contribution in [2.75, 3.05) is 0 Å². The number of hydrogen-bond acceptors (Lipinski definition) is 0. The second-order valence-corrected chi connectivity index (χ2v) is 5.70. The second-order valence-electron chi connectivity index (χ2n) is 5.70. The van der Waals surface area contributed by atoms with Crippen LogP contribution in [0.1, 0.15) is 52.4 Å². The number of hydrogen-bond donors (Lipinski definition) is 0. The molecule has 0 amide bonds. The molecule has 0 unspecified atom stereocenters. The van der Waals surface area contributed by atoms with Gasteiger partial charge in [-0.15, -0.1) is 0 Å². The SMILES string of the molecule is [CH2-][C@@H](CC)[C@@H]([CH2-])CCCCCC.[CH]1[CH][CH][CH][CH]1.[CH]1[CH][CH][CH][CH]1.[Zr+2]. The van der Waals surface area contributed by atoms with E-state index in [0.717, 1.165) is 0 Å². The third-order valence-corrected chi connectivity index (χ3v) is 3.73. The zero-order chi connectivity index (χ0) is 16.5. The van der Waals surface area contributed by atoms with Crippen LogP contribution in [0, 0.1) is 89.9 Å². The Hall–Kier alpha value is 0.883. The Balaban J connectivity index is 0. The van der Waals surface area contributed by atoms with Gasteiger partial charge in [0, 0.05) is 0 Å². The standard InChI is InChI=1S/C12H24.2C5H5.Zr/c1-5-7-8-9-10-12(4)11(3)6-2;2*1-2-4-5-3-1;/h11-12H,3-10H2,1-2H3;2*1-5H;/q-2;;;+2/t11-,12-;;;/m0.../s1. The average Bonchev–Trinajstić information content (AvgIpc) is 3.28. The van der Waals surface area contributed by atoms with E-state index in [2.05, 4.69) is 27.7 Å². The molecule has 0 nitrogen and oxygen atoms in total. The maximum absolute atomic E-state index is 4.14. The van der Waals surface area contributed by atoms with Crippen molar-refractivity contribution in [3.05, 3.63) is 78.1 Å². The van der Waals surface area contributed by atoms with E-state index in [9.17, 15) is 0 Å². The summed E-state index contributed by atoms with van der Waals surface area (Å²) in [5, 5.41) is 0. The van der Waals surface area contributed by atoms with E-state index < -0.39 is 0 Å². The Morgan fingerprint density at radius 2 is 1.00 bits per heavy atom. The van der Waals surface area contributed by atoms with Gasteiger partial charge in [0.25, 0.3) is 0 Å². The molecule has 0 aromatic rings. The molecular formula is C22H34Zr. The fraction of sp³-hybridized carbons (Fsp3) is 0.455. The van der Waals surface area contributed by atoms with Gasteiger partial charge in [0.1, 0.15) is 0 Å². The van der Waals surface area contributed by atoms with E-state index in [-0.39, 0.29) is 26.2 Å². The minimum absolute atomic E-state index is 0. The summed E-state index contributed by atoms with van der Waals surface area (Å²) >= 11 is 0. The second kappa shape index (κ2) is 20.9. The van der Waals surface area contributed by atoms with Crippen LogP contribution in [-0.4, -0.2) is 0 Å². The molecule has 2 saturated carbocycles. The van der Waals surface area contributed by atoms with Crippen LogP contribution in [0.5, 0.6) is 0 Å². The van der Waals surface area contributed by atoms with Crippen LogP contribution in [-0.2, 0) is 26.2 Å². The number of rotatable bonds is 7. The predicted octanol–water partition coefficient (Wildman–Crippen LogP) is 6.31. The summed E-state index contributed by atoms with van der Waals surface area (Å²) < 4.78 is 0. The molecular weight excluding hydrogens is 355 g/mol. The van der Waals surface area contributed by atoms with Crippen LogP contribution < -0.4 is 0 Å². The maximum Gasteiger partial charge on any atom is 2.00 e. The Morgan fingerprint density at radius 1 is 0.609 bits per heavy atom. The van der Waals surface area contributed by atoms with Gasteiger partial charge in [0.2, 0.25) is 0 Å². The Kier molecular flexibility index (Phi) is 23.8. The molecule has 0 heterocycles. The first kappa shape index (κ1) is 26.1. The van der Waals surface area contributed by atoms with Crippen molar-refractivity contribution in [3.63, 3.8) is 0 Å². The molecule has 2 fully saturated rings. The van der Waals surface area contributed by atoms with E-state index in [1.54, 1.807) is 0 Å². The van der Waals surface area contributed by atoms with Crippen molar-refractivity contribution in [2.24, 2.45) is 11.8 Å². The van der Waals surface area contributed by atoms with Crippen LogP contribution in [0.3, 0.4) is 0 Å². The van der Waals surface area contributed by atoms with Crippen molar-refractivity contribution in [1.82, 2.24) is 0 Å². The number of unbranched alkanes of at least 4 members (excludes halogenated alkanes) is 3. The molecule has 0 N–H and O–H groups in total. The molecule has 23 heavy (non-hydrogen) atoms. The van der Waals surface area contributed by atoms with Gasteiger partial charge in [-0.25, -0.2) is 0 Å². The average molecular weight is 390 g/mol. The van der Waals surface area contributed by atoms with E-state index in [4.69, 9.17) is 0 Å². The molecule has 2 atom stereocenters. The first-order chi connectivity index (χ1) is 10.7. The van der Waals surface area contributed by atoms with Crippen LogP contribution in [0.15, 0.2) is 0 Å². The van der Waals surface area contributed by atoms with Gasteiger partial charge in [-0.05, 0) is 64.2 Å². The van der Waals surface area contributed by atoms with Gasteiger partial charge in [-0.2, -0.15) is 11.8 Å². The first-order valence-corrected chi connectivity index (χ1v) is 8.71. The molecule has 126 valence electrons. The summed E-state index contributed by atoms with van der Waals surface area (Å²) in [6.07, 6.45) is 27.8. The molecule has 0 spiro atoms. The topological polar surface area (TPSA) is 0 Å². The quantitative estimate of drug-likeness (QED) is 0.353. The maximum atomic E-state index is 4.14. The largest absolute Gasteiger partial charge is 2.00 e. The molecule has 0 aromatic heterocycles. The van der Waals surface area contributed by atoms with Crippen molar-refractivity contribution in [3.8, 4) is 0 Å². The predicted molar refractivity (Wildman–Crippen MR) is 99.7 cm³/mol. The van der Waals surface area contributed by atoms with Crippen LogP contribution in [0.4, 0.5) is 0 Å². The minimum atomic E-state index is 0. The molecule has 1 heteroatoms. The zero-order valence-electron chi connectivity index (χ0n) is 15.1. The fourth-order valence-electron chi connectivity index (χ4n) is 2.04. The molecule has 0 aliphatic heterocycles. The van der Waals surface area contributed by atoms with E-state index >= 15 is 0 Å². The molecule has 2 aliphatic carbocycles. The third kappa shape index (κ3) is 19.1. The summed E-state index contributed by atoms with van der Waals surface area (Å²) in [7, 11) is 0. The van der Waals surface area contributed by atoms with Gasteiger partial charge >= 0.3 is 26.2 Å². The molecule has 2 rings (SSSR count). The normalized spacial score (nSPS) is 18.8. The molecule has 2 aliphatic rings. The van der Waals surface area contributed by atoms with Crippen molar-refractivity contribution in [1.29, 1.82) is 0 Å². The van der Waals surface area contributed by atoms with Crippen molar-refractivity contribution < 1.29 is 26.2 Å². The third-order valence-electron chi connectivity index (χ3n) is 3.73. The van der Waals surface area contributed by atoms with Crippen LogP contribution >= 0.6 is 0 Å². The molecule has 0 bridgehead atoms. The summed E-state index contributed by atoms with van der Waals surface area (Å²) in [6.45, 7) is 12.7. The minimum Gasteiger partial charge on any atom is -0.342 e. The van der Waals surface area contributed by atoms with Gasteiger partial charge < -0.3 is 13.8 Å². The van der Waals surface area contributed by atoms with Gasteiger partial charge in [-0.3, -0.25) is 0 Å².